The molecule has 0 bridgehead atoms. The maximum absolute atomic E-state index is 12.4. The van der Waals surface area contributed by atoms with Gasteiger partial charge in [-0.3, -0.25) is 4.99 Å². The van der Waals surface area contributed by atoms with E-state index >= 15 is 0 Å². The number of guanidine groups is 1. The minimum absolute atomic E-state index is 0. The Labute approximate surface area is 190 Å². The van der Waals surface area contributed by atoms with Crippen LogP contribution in [0.15, 0.2) is 33.9 Å². The molecule has 2 aromatic rings. The number of hydrogen-bond donors (Lipinski definition) is 2. The first-order chi connectivity index (χ1) is 13.9. The van der Waals surface area contributed by atoms with Crippen molar-refractivity contribution in [1.29, 1.82) is 0 Å². The zero-order valence-electron chi connectivity index (χ0n) is 17.1. The predicted molar refractivity (Wildman–Crippen MR) is 118 cm³/mol. The van der Waals surface area contributed by atoms with E-state index in [9.17, 15) is 13.2 Å². The van der Waals surface area contributed by atoms with Gasteiger partial charge in [-0.05, 0) is 18.9 Å². The number of hydrogen-bond acceptors (Lipinski definition) is 5. The van der Waals surface area contributed by atoms with Gasteiger partial charge in [-0.25, -0.2) is 4.98 Å². The number of rotatable bonds is 9. The molecular formula is C19H27F3IN5O2. The molecule has 2 heterocycles. The first kappa shape index (κ1) is 26.0. The van der Waals surface area contributed by atoms with Crippen LogP contribution in [-0.4, -0.2) is 35.9 Å². The van der Waals surface area contributed by atoms with Gasteiger partial charge in [0.05, 0.1) is 12.2 Å². The molecule has 0 aliphatic carbocycles. The lowest BCUT2D eigenvalue weighted by molar-refractivity contribution is -0.154. The Hall–Kier alpha value is -2.05. The van der Waals surface area contributed by atoms with Crippen LogP contribution < -0.4 is 15.4 Å². The first-order valence-electron chi connectivity index (χ1n) is 9.39. The van der Waals surface area contributed by atoms with Crippen LogP contribution in [0.2, 0.25) is 0 Å². The molecule has 0 amide bonds. The highest BCUT2D eigenvalue weighted by Gasteiger charge is 2.29. The van der Waals surface area contributed by atoms with Crippen LogP contribution >= 0.6 is 24.0 Å². The van der Waals surface area contributed by atoms with Crippen molar-refractivity contribution in [3.63, 3.8) is 0 Å². The fourth-order valence-corrected chi connectivity index (χ4v) is 2.72. The van der Waals surface area contributed by atoms with E-state index in [0.29, 0.717) is 29.7 Å². The van der Waals surface area contributed by atoms with Gasteiger partial charge in [0.15, 0.2) is 18.3 Å². The monoisotopic (exact) mass is 541 g/mol. The molecule has 0 radical (unpaired) electrons. The zero-order chi connectivity index (χ0) is 21.3. The number of ether oxygens (including phenoxy) is 1. The molecule has 0 atom stereocenters. The van der Waals surface area contributed by atoms with Crippen molar-refractivity contribution in [2.45, 2.75) is 51.9 Å². The van der Waals surface area contributed by atoms with Crippen LogP contribution in [0.4, 0.5) is 13.2 Å². The average molecular weight is 541 g/mol. The molecular weight excluding hydrogens is 514 g/mol. The number of nitrogens with zero attached hydrogens (tertiary/aromatic N) is 3. The van der Waals surface area contributed by atoms with Crippen LogP contribution in [0.3, 0.4) is 0 Å². The van der Waals surface area contributed by atoms with Crippen molar-refractivity contribution in [3.8, 4) is 5.88 Å². The topological polar surface area (TPSA) is 84.6 Å². The van der Waals surface area contributed by atoms with Crippen LogP contribution in [0.5, 0.6) is 5.88 Å². The smallest absolute Gasteiger partial charge is 0.422 e. The Morgan fingerprint density at radius 2 is 1.93 bits per heavy atom. The molecule has 0 aromatic carbocycles. The summed E-state index contributed by atoms with van der Waals surface area (Å²) in [7, 11) is 1.59. The Balaban J connectivity index is 0.00000450. The summed E-state index contributed by atoms with van der Waals surface area (Å²) in [6, 6.07) is 5.18. The third kappa shape index (κ3) is 8.36. The van der Waals surface area contributed by atoms with Crippen molar-refractivity contribution in [3.05, 3.63) is 41.4 Å². The molecule has 0 unspecified atom stereocenters. The lowest BCUT2D eigenvalue weighted by Gasteiger charge is -2.14. The van der Waals surface area contributed by atoms with Gasteiger partial charge in [0.25, 0.3) is 0 Å². The van der Waals surface area contributed by atoms with E-state index in [1.807, 2.05) is 6.07 Å². The number of pyridine rings is 1. The lowest BCUT2D eigenvalue weighted by Crippen LogP contribution is -2.36. The van der Waals surface area contributed by atoms with Gasteiger partial charge < -0.3 is 19.9 Å². The lowest BCUT2D eigenvalue weighted by atomic mass is 9.99. The van der Waals surface area contributed by atoms with Crippen LogP contribution in [0.1, 0.15) is 49.6 Å². The summed E-state index contributed by atoms with van der Waals surface area (Å²) in [5, 5.41) is 10.2. The molecule has 0 spiro atoms. The summed E-state index contributed by atoms with van der Waals surface area (Å²) in [6.45, 7) is 3.39. The SMILES string of the molecule is CCC(CC)c1cc(CNC(=NC)NCc2cccnc2OCC(F)(F)F)on1.I. The molecule has 2 rings (SSSR count). The Morgan fingerprint density at radius 1 is 1.23 bits per heavy atom. The van der Waals surface area contributed by atoms with Gasteiger partial charge in [0, 0.05) is 37.3 Å². The highest BCUT2D eigenvalue weighted by atomic mass is 127. The molecule has 0 saturated carbocycles. The number of halogens is 4. The molecule has 30 heavy (non-hydrogen) atoms. The summed E-state index contributed by atoms with van der Waals surface area (Å²) in [5.41, 5.74) is 1.41. The fourth-order valence-electron chi connectivity index (χ4n) is 2.72. The number of aliphatic imine (C=N–C) groups is 1. The van der Waals surface area contributed by atoms with Gasteiger partial charge in [0.1, 0.15) is 0 Å². The summed E-state index contributed by atoms with van der Waals surface area (Å²) >= 11 is 0. The molecule has 0 aliphatic rings. The normalized spacial score (nSPS) is 11.9. The largest absolute Gasteiger partial charge is 0.468 e. The third-order valence-electron chi connectivity index (χ3n) is 4.30. The van der Waals surface area contributed by atoms with E-state index in [-0.39, 0.29) is 36.4 Å². The third-order valence-corrected chi connectivity index (χ3v) is 4.30. The maximum atomic E-state index is 12.4. The minimum Gasteiger partial charge on any atom is -0.468 e. The van der Waals surface area contributed by atoms with E-state index in [1.165, 1.54) is 6.20 Å². The summed E-state index contributed by atoms with van der Waals surface area (Å²) in [4.78, 5) is 7.97. The van der Waals surface area contributed by atoms with Crippen molar-refractivity contribution in [2.75, 3.05) is 13.7 Å². The Bertz CT molecular complexity index is 794. The second-order valence-corrected chi connectivity index (χ2v) is 6.38. The van der Waals surface area contributed by atoms with Crippen LogP contribution in [0.25, 0.3) is 0 Å². The molecule has 0 fully saturated rings. The zero-order valence-corrected chi connectivity index (χ0v) is 19.5. The highest BCUT2D eigenvalue weighted by molar-refractivity contribution is 14.0. The standard InChI is InChI=1S/C19H26F3N5O2.HI/c1-4-13(5-2)16-9-15(29-27-16)11-26-18(23-3)25-10-14-7-6-8-24-17(14)28-12-19(20,21)22;/h6-9,13H,4-5,10-12H2,1-3H3,(H2,23,25,26);1H. The van der Waals surface area contributed by atoms with E-state index in [2.05, 4.69) is 39.6 Å². The van der Waals surface area contributed by atoms with Crippen molar-refractivity contribution < 1.29 is 22.4 Å². The van der Waals surface area contributed by atoms with Gasteiger partial charge in [-0.15, -0.1) is 24.0 Å². The van der Waals surface area contributed by atoms with Gasteiger partial charge in [-0.2, -0.15) is 13.2 Å². The molecule has 0 aliphatic heterocycles. The molecule has 2 N–H and O–H groups in total. The predicted octanol–water partition coefficient (Wildman–Crippen LogP) is 4.40. The van der Waals surface area contributed by atoms with Crippen molar-refractivity contribution in [2.24, 2.45) is 4.99 Å². The number of aromatic nitrogens is 2. The van der Waals surface area contributed by atoms with Gasteiger partial charge >= 0.3 is 6.18 Å². The van der Waals surface area contributed by atoms with Crippen LogP contribution in [-0.2, 0) is 13.1 Å². The van der Waals surface area contributed by atoms with Gasteiger partial charge in [-0.1, -0.05) is 25.1 Å². The second kappa shape index (κ2) is 12.6. The average Bonchev–Trinajstić information content (AvgIpc) is 3.16. The maximum Gasteiger partial charge on any atom is 0.422 e. The number of nitrogens with one attached hydrogen (secondary N) is 2. The molecule has 11 heteroatoms. The summed E-state index contributed by atoms with van der Waals surface area (Å²) < 4.78 is 47.3. The fraction of sp³-hybridized carbons (Fsp3) is 0.526. The highest BCUT2D eigenvalue weighted by Crippen LogP contribution is 2.22. The molecule has 7 nitrogen and oxygen atoms in total. The van der Waals surface area contributed by atoms with E-state index in [1.54, 1.807) is 19.2 Å². The first-order valence-corrected chi connectivity index (χ1v) is 9.39. The quantitative estimate of drug-likeness (QED) is 0.278. The summed E-state index contributed by atoms with van der Waals surface area (Å²) in [5.74, 6) is 1.42. The molecule has 2 aromatic heterocycles. The summed E-state index contributed by atoms with van der Waals surface area (Å²) in [6.07, 6.45) is -1.07. The van der Waals surface area contributed by atoms with Crippen molar-refractivity contribution >= 4 is 29.9 Å². The van der Waals surface area contributed by atoms with E-state index < -0.39 is 12.8 Å². The molecule has 0 saturated heterocycles. The molecule has 168 valence electrons. The minimum atomic E-state index is -4.43. The van der Waals surface area contributed by atoms with Gasteiger partial charge in [0.2, 0.25) is 5.88 Å². The van der Waals surface area contributed by atoms with E-state index in [0.717, 1.165) is 18.5 Å². The second-order valence-electron chi connectivity index (χ2n) is 6.38. The van der Waals surface area contributed by atoms with E-state index in [4.69, 9.17) is 9.26 Å². The Morgan fingerprint density at radius 3 is 2.57 bits per heavy atom. The van der Waals surface area contributed by atoms with Crippen LogP contribution in [0, 0.1) is 0 Å². The van der Waals surface area contributed by atoms with Crippen molar-refractivity contribution in [1.82, 2.24) is 20.8 Å². The Kier molecular flexibility index (Phi) is 10.9. The number of alkyl halides is 3.